The Hall–Kier alpha value is -4.56. The first-order valence-electron chi connectivity index (χ1n) is 14.7. The van der Waals surface area contributed by atoms with E-state index in [0.717, 1.165) is 35.2 Å². The van der Waals surface area contributed by atoms with E-state index < -0.39 is 0 Å². The molecule has 5 aromatic rings. The third kappa shape index (κ3) is 6.44. The molecule has 8 heteroatoms. The summed E-state index contributed by atoms with van der Waals surface area (Å²) in [6.45, 7) is 1.78. The van der Waals surface area contributed by atoms with Crippen LogP contribution in [0.15, 0.2) is 96.4 Å². The fourth-order valence-corrected chi connectivity index (χ4v) is 6.78. The number of likely N-dealkylation sites (tertiary alicyclic amines) is 1. The normalized spacial score (nSPS) is 13.8. The predicted octanol–water partition coefficient (Wildman–Crippen LogP) is 6.67. The second-order valence-corrected chi connectivity index (χ2v) is 11.7. The van der Waals surface area contributed by atoms with E-state index in [-0.39, 0.29) is 23.7 Å². The number of thiazole rings is 1. The number of carbonyl (C=O) groups is 2. The van der Waals surface area contributed by atoms with Crippen molar-refractivity contribution in [1.82, 2.24) is 20.2 Å². The highest BCUT2D eigenvalue weighted by atomic mass is 32.1. The van der Waals surface area contributed by atoms with Crippen molar-refractivity contribution < 1.29 is 14.3 Å². The number of carbonyl (C=O) groups excluding carboxylic acids is 2. The Morgan fingerprint density at radius 3 is 2.23 bits per heavy atom. The van der Waals surface area contributed by atoms with E-state index in [9.17, 15) is 9.59 Å². The number of pyridine rings is 1. The lowest BCUT2D eigenvalue weighted by Gasteiger charge is -2.31. The molecule has 1 N–H and O–H groups in total. The smallest absolute Gasteiger partial charge is 0.272 e. The Kier molecular flexibility index (Phi) is 8.75. The predicted molar refractivity (Wildman–Crippen MR) is 170 cm³/mol. The van der Waals surface area contributed by atoms with Gasteiger partial charge in [-0.25, -0.2) is 9.97 Å². The van der Waals surface area contributed by atoms with Gasteiger partial charge in [-0.1, -0.05) is 72.8 Å². The van der Waals surface area contributed by atoms with Crippen LogP contribution in [0.1, 0.15) is 68.2 Å². The highest BCUT2D eigenvalue weighted by molar-refractivity contribution is 7.09. The van der Waals surface area contributed by atoms with Gasteiger partial charge in [-0.05, 0) is 42.5 Å². The van der Waals surface area contributed by atoms with E-state index in [1.54, 1.807) is 13.2 Å². The van der Waals surface area contributed by atoms with Crippen LogP contribution in [-0.4, -0.2) is 53.4 Å². The number of amides is 2. The average molecular weight is 591 g/mol. The number of fused-ring (bicyclic) bond motifs is 1. The number of ether oxygens (including phenoxy) is 1. The van der Waals surface area contributed by atoms with E-state index in [4.69, 9.17) is 9.72 Å². The number of rotatable bonds is 9. The summed E-state index contributed by atoms with van der Waals surface area (Å²) in [5.74, 6) is 0.827. The van der Waals surface area contributed by atoms with Crippen molar-refractivity contribution >= 4 is 34.1 Å². The van der Waals surface area contributed by atoms with E-state index >= 15 is 0 Å². The van der Waals surface area contributed by atoms with Gasteiger partial charge in [0.15, 0.2) is 0 Å². The number of benzene rings is 3. The topological polar surface area (TPSA) is 84.4 Å². The molecule has 0 aliphatic carbocycles. The van der Waals surface area contributed by atoms with Gasteiger partial charge in [0, 0.05) is 48.3 Å². The highest BCUT2D eigenvalue weighted by Crippen LogP contribution is 2.32. The number of nitrogens with one attached hydrogen (secondary N) is 1. The maximum absolute atomic E-state index is 13.3. The zero-order chi connectivity index (χ0) is 29.6. The summed E-state index contributed by atoms with van der Waals surface area (Å²) in [6.07, 6.45) is 2.38. The average Bonchev–Trinajstić information content (AvgIpc) is 3.57. The van der Waals surface area contributed by atoms with Gasteiger partial charge in [-0.2, -0.15) is 0 Å². The van der Waals surface area contributed by atoms with Gasteiger partial charge < -0.3 is 15.0 Å². The van der Waals surface area contributed by atoms with E-state index in [1.807, 2.05) is 46.7 Å². The second-order valence-electron chi connectivity index (χ2n) is 10.8. The van der Waals surface area contributed by atoms with Crippen LogP contribution in [0.5, 0.6) is 5.75 Å². The Morgan fingerprint density at radius 2 is 1.56 bits per heavy atom. The molecule has 43 heavy (non-hydrogen) atoms. The molecular weight excluding hydrogens is 556 g/mol. The number of hydrogen-bond donors (Lipinski definition) is 1. The maximum Gasteiger partial charge on any atom is 0.272 e. The van der Waals surface area contributed by atoms with Crippen molar-refractivity contribution in [1.29, 1.82) is 0 Å². The summed E-state index contributed by atoms with van der Waals surface area (Å²) in [7, 11) is 1.61. The third-order valence-electron chi connectivity index (χ3n) is 8.13. The van der Waals surface area contributed by atoms with Gasteiger partial charge in [0.05, 0.1) is 17.6 Å². The minimum Gasteiger partial charge on any atom is -0.496 e. The number of piperidine rings is 1. The Morgan fingerprint density at radius 1 is 0.907 bits per heavy atom. The van der Waals surface area contributed by atoms with Crippen LogP contribution >= 0.6 is 11.3 Å². The fourth-order valence-electron chi connectivity index (χ4n) is 5.81. The van der Waals surface area contributed by atoms with Crippen LogP contribution in [0.25, 0.3) is 10.9 Å². The third-order valence-corrected chi connectivity index (χ3v) is 9.13. The summed E-state index contributed by atoms with van der Waals surface area (Å²) < 4.78 is 5.53. The first-order chi connectivity index (χ1) is 21.1. The number of nitrogens with zero attached hydrogens (tertiary/aromatic N) is 3. The number of para-hydroxylation sites is 1. The SMILES string of the molecule is COc1cc(C(=O)N2CCC(c3nc(C(=O)NCCC(c4ccccc4)c4ccccc4)cs3)CC2)nc2ccccc12. The quantitative estimate of drug-likeness (QED) is 0.207. The van der Waals surface area contributed by atoms with E-state index in [0.29, 0.717) is 36.8 Å². The molecular formula is C35H34N4O3S. The molecule has 2 amide bonds. The summed E-state index contributed by atoms with van der Waals surface area (Å²) in [4.78, 5) is 37.5. The van der Waals surface area contributed by atoms with Gasteiger partial charge in [-0.3, -0.25) is 9.59 Å². The molecule has 7 nitrogen and oxygen atoms in total. The Bertz CT molecular complexity index is 1660. The largest absolute Gasteiger partial charge is 0.496 e. The molecule has 1 aliphatic heterocycles. The van der Waals surface area contributed by atoms with Gasteiger partial charge in [0.25, 0.3) is 11.8 Å². The molecule has 1 fully saturated rings. The highest BCUT2D eigenvalue weighted by Gasteiger charge is 2.28. The summed E-state index contributed by atoms with van der Waals surface area (Å²) in [5, 5.41) is 6.77. The van der Waals surface area contributed by atoms with Crippen molar-refractivity contribution in [2.24, 2.45) is 0 Å². The molecule has 0 unspecified atom stereocenters. The standard InChI is InChI=1S/C35H34N4O3S/c1-42-32-22-30(37-29-15-9-8-14-28(29)32)35(41)39-20-17-26(18-21-39)34-38-31(23-43-34)33(40)36-19-16-27(24-10-4-2-5-11-24)25-12-6-3-7-13-25/h2-15,22-23,26-27H,16-21H2,1H3,(H,36,40). The molecule has 2 aromatic heterocycles. The number of methoxy groups -OCH3 is 1. The molecule has 1 aliphatic rings. The zero-order valence-electron chi connectivity index (χ0n) is 24.1. The number of aromatic nitrogens is 2. The maximum atomic E-state index is 13.3. The lowest BCUT2D eigenvalue weighted by atomic mass is 9.88. The first kappa shape index (κ1) is 28.6. The van der Waals surface area contributed by atoms with Crippen LogP contribution in [0.2, 0.25) is 0 Å². The molecule has 0 saturated carbocycles. The number of hydrogen-bond acceptors (Lipinski definition) is 6. The van der Waals surface area contributed by atoms with E-state index in [1.165, 1.54) is 22.5 Å². The van der Waals surface area contributed by atoms with Crippen molar-refractivity contribution in [2.75, 3.05) is 26.7 Å². The molecule has 218 valence electrons. The molecule has 6 rings (SSSR count). The Balaban J connectivity index is 1.04. The molecule has 3 aromatic carbocycles. The minimum absolute atomic E-state index is 0.0916. The van der Waals surface area contributed by atoms with Crippen molar-refractivity contribution in [3.8, 4) is 5.75 Å². The van der Waals surface area contributed by atoms with Crippen LogP contribution in [0.3, 0.4) is 0 Å². The van der Waals surface area contributed by atoms with Crippen molar-refractivity contribution in [2.45, 2.75) is 31.1 Å². The van der Waals surface area contributed by atoms with Crippen molar-refractivity contribution in [3.63, 3.8) is 0 Å². The molecule has 1 saturated heterocycles. The monoisotopic (exact) mass is 590 g/mol. The lowest BCUT2D eigenvalue weighted by Crippen LogP contribution is -2.38. The zero-order valence-corrected chi connectivity index (χ0v) is 24.9. The molecule has 0 atom stereocenters. The fraction of sp³-hybridized carbons (Fsp3) is 0.257. The van der Waals surface area contributed by atoms with Crippen molar-refractivity contribution in [3.05, 3.63) is 124 Å². The molecule has 0 bridgehead atoms. The van der Waals surface area contributed by atoms with Crippen LogP contribution < -0.4 is 10.1 Å². The molecule has 0 spiro atoms. The molecule has 3 heterocycles. The van der Waals surface area contributed by atoms with Gasteiger partial charge in [-0.15, -0.1) is 11.3 Å². The van der Waals surface area contributed by atoms with Crippen LogP contribution in [-0.2, 0) is 0 Å². The van der Waals surface area contributed by atoms with Crippen LogP contribution in [0, 0.1) is 0 Å². The second kappa shape index (κ2) is 13.2. The minimum atomic E-state index is -0.147. The molecule has 0 radical (unpaired) electrons. The summed E-state index contributed by atoms with van der Waals surface area (Å²) in [5.41, 5.74) is 4.06. The van der Waals surface area contributed by atoms with Gasteiger partial charge >= 0.3 is 0 Å². The summed E-state index contributed by atoms with van der Waals surface area (Å²) in [6, 6.07) is 30.2. The van der Waals surface area contributed by atoms with Gasteiger partial charge in [0.2, 0.25) is 0 Å². The van der Waals surface area contributed by atoms with Gasteiger partial charge in [0.1, 0.15) is 17.1 Å². The first-order valence-corrected chi connectivity index (χ1v) is 15.5. The summed E-state index contributed by atoms with van der Waals surface area (Å²) >= 11 is 1.53. The lowest BCUT2D eigenvalue weighted by molar-refractivity contribution is 0.0707. The van der Waals surface area contributed by atoms with Crippen LogP contribution in [0.4, 0.5) is 0 Å². The Labute approximate surface area is 255 Å². The van der Waals surface area contributed by atoms with E-state index in [2.05, 4.69) is 58.8 Å².